The standard InChI is InChI=1S/C24H40O/c1-2-18-3-5-19(6-4-18)7-8-20-9-11-22(12-10-20)24-16-15-23(17-25-24)21-13-14-21/h7-8,18-24H,2-6,9-17H2,1H3/b8-7+. The van der Waals surface area contributed by atoms with Crippen LogP contribution in [0.1, 0.15) is 90.4 Å². The molecule has 0 aromatic heterocycles. The van der Waals surface area contributed by atoms with Gasteiger partial charge in [0.15, 0.2) is 0 Å². The number of allylic oxidation sites excluding steroid dienone is 2. The first-order chi connectivity index (χ1) is 12.3. The molecule has 3 saturated carbocycles. The molecule has 0 amide bonds. The zero-order valence-electron chi connectivity index (χ0n) is 16.5. The monoisotopic (exact) mass is 344 g/mol. The van der Waals surface area contributed by atoms with Crippen molar-refractivity contribution >= 4 is 0 Å². The summed E-state index contributed by atoms with van der Waals surface area (Å²) < 4.78 is 6.32. The van der Waals surface area contributed by atoms with Crippen molar-refractivity contribution in [2.24, 2.45) is 35.5 Å². The Balaban J connectivity index is 1.15. The number of hydrogen-bond donors (Lipinski definition) is 0. The molecule has 0 N–H and O–H groups in total. The minimum atomic E-state index is 0.601. The first-order valence-electron chi connectivity index (χ1n) is 11.6. The molecular weight excluding hydrogens is 304 g/mol. The molecule has 4 fully saturated rings. The summed E-state index contributed by atoms with van der Waals surface area (Å²) in [6, 6.07) is 0. The first-order valence-corrected chi connectivity index (χ1v) is 11.6. The van der Waals surface area contributed by atoms with Crippen molar-refractivity contribution in [3.63, 3.8) is 0 Å². The second-order valence-electron chi connectivity index (χ2n) is 9.80. The second-order valence-corrected chi connectivity index (χ2v) is 9.80. The number of ether oxygens (including phenoxy) is 1. The van der Waals surface area contributed by atoms with Crippen molar-refractivity contribution in [2.75, 3.05) is 6.61 Å². The molecule has 0 aromatic rings. The smallest absolute Gasteiger partial charge is 0.0603 e. The Kier molecular flexibility index (Phi) is 6.21. The molecule has 0 radical (unpaired) electrons. The van der Waals surface area contributed by atoms with E-state index in [1.165, 1.54) is 83.5 Å². The molecule has 4 aliphatic rings. The Bertz CT molecular complexity index is 413. The fourth-order valence-corrected chi connectivity index (χ4v) is 5.92. The van der Waals surface area contributed by atoms with Crippen LogP contribution < -0.4 is 0 Å². The predicted molar refractivity (Wildman–Crippen MR) is 106 cm³/mol. The van der Waals surface area contributed by atoms with Crippen LogP contribution >= 0.6 is 0 Å². The van der Waals surface area contributed by atoms with Gasteiger partial charge in [-0.15, -0.1) is 0 Å². The fourth-order valence-electron chi connectivity index (χ4n) is 5.92. The van der Waals surface area contributed by atoms with E-state index in [4.69, 9.17) is 4.74 Å². The highest BCUT2D eigenvalue weighted by Gasteiger charge is 2.37. The quantitative estimate of drug-likeness (QED) is 0.500. The molecule has 0 bridgehead atoms. The van der Waals surface area contributed by atoms with Crippen molar-refractivity contribution in [1.29, 1.82) is 0 Å². The van der Waals surface area contributed by atoms with Crippen LogP contribution in [0, 0.1) is 35.5 Å². The van der Waals surface area contributed by atoms with E-state index < -0.39 is 0 Å². The molecule has 1 saturated heterocycles. The molecule has 0 aromatic carbocycles. The summed E-state index contributed by atoms with van der Waals surface area (Å²) >= 11 is 0. The van der Waals surface area contributed by atoms with Crippen LogP contribution in [0.5, 0.6) is 0 Å². The first kappa shape index (κ1) is 18.1. The van der Waals surface area contributed by atoms with Gasteiger partial charge in [0, 0.05) is 0 Å². The van der Waals surface area contributed by atoms with Crippen molar-refractivity contribution in [2.45, 2.75) is 96.5 Å². The van der Waals surface area contributed by atoms with Crippen molar-refractivity contribution in [3.05, 3.63) is 12.2 Å². The van der Waals surface area contributed by atoms with Gasteiger partial charge in [0.2, 0.25) is 0 Å². The summed E-state index contributed by atoms with van der Waals surface area (Å²) in [6.45, 7) is 3.44. The molecule has 4 rings (SSSR count). The van der Waals surface area contributed by atoms with Crippen LogP contribution in [0.3, 0.4) is 0 Å². The van der Waals surface area contributed by atoms with Gasteiger partial charge in [-0.3, -0.25) is 0 Å². The lowest BCUT2D eigenvalue weighted by Crippen LogP contribution is -2.34. The van der Waals surface area contributed by atoms with Crippen LogP contribution in [0.15, 0.2) is 12.2 Å². The Labute approximate surface area is 156 Å². The van der Waals surface area contributed by atoms with E-state index in [9.17, 15) is 0 Å². The number of rotatable bonds is 5. The molecule has 25 heavy (non-hydrogen) atoms. The van der Waals surface area contributed by atoms with Crippen LogP contribution in [0.25, 0.3) is 0 Å². The summed E-state index contributed by atoms with van der Waals surface area (Å²) in [5.41, 5.74) is 0. The lowest BCUT2D eigenvalue weighted by molar-refractivity contribution is -0.0610. The van der Waals surface area contributed by atoms with Crippen LogP contribution in [0.4, 0.5) is 0 Å². The van der Waals surface area contributed by atoms with Crippen molar-refractivity contribution < 1.29 is 4.74 Å². The molecule has 2 unspecified atom stereocenters. The summed E-state index contributed by atoms with van der Waals surface area (Å²) in [5.74, 6) is 5.59. The van der Waals surface area contributed by atoms with Gasteiger partial charge in [-0.2, -0.15) is 0 Å². The molecule has 0 spiro atoms. The van der Waals surface area contributed by atoms with Gasteiger partial charge >= 0.3 is 0 Å². The highest BCUT2D eigenvalue weighted by Crippen LogP contribution is 2.44. The Morgan fingerprint density at radius 3 is 1.72 bits per heavy atom. The summed E-state index contributed by atoms with van der Waals surface area (Å²) in [4.78, 5) is 0. The van der Waals surface area contributed by atoms with Gasteiger partial charge < -0.3 is 4.74 Å². The van der Waals surface area contributed by atoms with Gasteiger partial charge in [0.05, 0.1) is 12.7 Å². The molecule has 1 aliphatic heterocycles. The highest BCUT2D eigenvalue weighted by molar-refractivity contribution is 4.97. The van der Waals surface area contributed by atoms with E-state index in [0.29, 0.717) is 6.10 Å². The number of hydrogen-bond acceptors (Lipinski definition) is 1. The third kappa shape index (κ3) is 4.90. The predicted octanol–water partition coefficient (Wildman–Crippen LogP) is 6.77. The van der Waals surface area contributed by atoms with Gasteiger partial charge in [-0.05, 0) is 113 Å². The van der Waals surface area contributed by atoms with E-state index >= 15 is 0 Å². The minimum absolute atomic E-state index is 0.601. The fraction of sp³-hybridized carbons (Fsp3) is 0.917. The summed E-state index contributed by atoms with van der Waals surface area (Å²) in [5, 5.41) is 0. The maximum absolute atomic E-state index is 6.32. The van der Waals surface area contributed by atoms with Gasteiger partial charge in [0.1, 0.15) is 0 Å². The Morgan fingerprint density at radius 1 is 0.640 bits per heavy atom. The third-order valence-corrected chi connectivity index (χ3v) is 8.10. The average Bonchev–Trinajstić information content (AvgIpc) is 3.53. The largest absolute Gasteiger partial charge is 0.378 e. The van der Waals surface area contributed by atoms with E-state index in [1.54, 1.807) is 0 Å². The van der Waals surface area contributed by atoms with Gasteiger partial charge in [0.25, 0.3) is 0 Å². The minimum Gasteiger partial charge on any atom is -0.378 e. The van der Waals surface area contributed by atoms with Crippen LogP contribution in [-0.2, 0) is 4.74 Å². The molecule has 1 heteroatoms. The van der Waals surface area contributed by atoms with Crippen LogP contribution in [0.2, 0.25) is 0 Å². The average molecular weight is 345 g/mol. The second kappa shape index (κ2) is 8.59. The maximum atomic E-state index is 6.32. The van der Waals surface area contributed by atoms with Crippen molar-refractivity contribution in [3.8, 4) is 0 Å². The van der Waals surface area contributed by atoms with Crippen LogP contribution in [-0.4, -0.2) is 12.7 Å². The Morgan fingerprint density at radius 2 is 1.20 bits per heavy atom. The molecule has 2 atom stereocenters. The topological polar surface area (TPSA) is 9.23 Å². The molecule has 1 heterocycles. The van der Waals surface area contributed by atoms with Gasteiger partial charge in [-0.1, -0.05) is 25.5 Å². The van der Waals surface area contributed by atoms with E-state index in [0.717, 1.165) is 42.1 Å². The molecule has 3 aliphatic carbocycles. The zero-order chi connectivity index (χ0) is 17.1. The molecule has 1 nitrogen and oxygen atoms in total. The lowest BCUT2D eigenvalue weighted by atomic mass is 9.76. The van der Waals surface area contributed by atoms with E-state index in [1.807, 2.05) is 0 Å². The zero-order valence-corrected chi connectivity index (χ0v) is 16.5. The summed E-state index contributed by atoms with van der Waals surface area (Å²) in [6.07, 6.45) is 24.5. The Hall–Kier alpha value is -0.300. The summed E-state index contributed by atoms with van der Waals surface area (Å²) in [7, 11) is 0. The lowest BCUT2D eigenvalue weighted by Gasteiger charge is -2.37. The third-order valence-electron chi connectivity index (χ3n) is 8.10. The SMILES string of the molecule is CCC1CCC(/C=C/C2CCC(C3CCC(C4CC4)CO3)CC2)CC1. The van der Waals surface area contributed by atoms with Crippen molar-refractivity contribution in [1.82, 2.24) is 0 Å². The molecule has 142 valence electrons. The maximum Gasteiger partial charge on any atom is 0.0603 e. The van der Waals surface area contributed by atoms with Gasteiger partial charge in [-0.25, -0.2) is 0 Å². The normalized spacial score (nSPS) is 43.4. The highest BCUT2D eigenvalue weighted by atomic mass is 16.5. The van der Waals surface area contributed by atoms with E-state index in [2.05, 4.69) is 19.1 Å². The molecular formula is C24H40O. The van der Waals surface area contributed by atoms with E-state index in [-0.39, 0.29) is 0 Å².